The number of methoxy groups -OCH3 is 1. The normalized spacial score (nSPS) is 30.9. The van der Waals surface area contributed by atoms with Crippen molar-refractivity contribution in [1.82, 2.24) is 4.90 Å². The van der Waals surface area contributed by atoms with E-state index in [1.165, 1.54) is 7.11 Å². The molecule has 0 radical (unpaired) electrons. The number of nitrogens with zero attached hydrogens (tertiary/aromatic N) is 1. The maximum atomic E-state index is 12.7. The van der Waals surface area contributed by atoms with E-state index in [0.29, 0.717) is 12.8 Å². The Morgan fingerprint density at radius 3 is 2.95 bits per heavy atom. The molecule has 5 nitrogen and oxygen atoms in total. The Balaban J connectivity index is 1.74. The summed E-state index contributed by atoms with van der Waals surface area (Å²) in [6.07, 6.45) is 2.16. The van der Waals surface area contributed by atoms with E-state index < -0.39 is 6.10 Å². The first-order valence-electron chi connectivity index (χ1n) is 7.65. The van der Waals surface area contributed by atoms with Crippen LogP contribution in [0.25, 0.3) is 0 Å². The Kier molecular flexibility index (Phi) is 4.49. The smallest absolute Gasteiger partial charge is 0.335 e. The molecule has 2 aliphatic rings. The van der Waals surface area contributed by atoms with Crippen molar-refractivity contribution >= 4 is 23.2 Å². The number of fused-ring (bicyclic) bond motifs is 1. The minimum Gasteiger partial charge on any atom is -0.467 e. The number of likely N-dealkylation sites (tertiary alicyclic amines) is 1. The standard InChI is InChI=1S/C16H21NO4S/c1-10-3-4-13-12(8-14(21-13)16(19)20-2)17(10)15(18)7-11-5-6-22-9-11/h5-6,9-10,12-14H,3-4,7-8H2,1-2H3/t10-,12-,13-,14+/m1/s1. The molecule has 0 aliphatic carbocycles. The highest BCUT2D eigenvalue weighted by Gasteiger charge is 2.47. The molecule has 22 heavy (non-hydrogen) atoms. The monoisotopic (exact) mass is 323 g/mol. The number of rotatable bonds is 3. The second-order valence-corrected chi connectivity index (χ2v) is 6.81. The lowest BCUT2D eigenvalue weighted by Crippen LogP contribution is -2.53. The Hall–Kier alpha value is -1.40. The third-order valence-corrected chi connectivity index (χ3v) is 5.34. The molecule has 0 aromatic carbocycles. The number of esters is 1. The number of hydrogen-bond acceptors (Lipinski definition) is 5. The van der Waals surface area contributed by atoms with Gasteiger partial charge in [0.05, 0.1) is 25.7 Å². The SMILES string of the molecule is COC(=O)[C@@H]1C[C@@H]2[C@@H](CC[C@@H](C)N2C(=O)Cc2ccsc2)O1. The van der Waals surface area contributed by atoms with Gasteiger partial charge in [-0.2, -0.15) is 11.3 Å². The largest absolute Gasteiger partial charge is 0.467 e. The molecular formula is C16H21NO4S. The fourth-order valence-corrected chi connectivity index (χ4v) is 4.19. The van der Waals surface area contributed by atoms with E-state index in [0.717, 1.165) is 18.4 Å². The molecule has 1 amide bonds. The first kappa shape index (κ1) is 15.5. The fraction of sp³-hybridized carbons (Fsp3) is 0.625. The van der Waals surface area contributed by atoms with Crippen molar-refractivity contribution in [3.05, 3.63) is 22.4 Å². The number of thiophene rings is 1. The average molecular weight is 323 g/mol. The van der Waals surface area contributed by atoms with Crippen molar-refractivity contribution in [3.63, 3.8) is 0 Å². The van der Waals surface area contributed by atoms with E-state index in [2.05, 4.69) is 6.92 Å². The van der Waals surface area contributed by atoms with Crippen LogP contribution in [0.1, 0.15) is 31.7 Å². The average Bonchev–Trinajstić information content (AvgIpc) is 3.15. The lowest BCUT2D eigenvalue weighted by molar-refractivity contribution is -0.154. The maximum Gasteiger partial charge on any atom is 0.335 e. The molecule has 120 valence electrons. The molecule has 3 rings (SSSR count). The van der Waals surface area contributed by atoms with E-state index in [1.54, 1.807) is 11.3 Å². The molecule has 3 heterocycles. The molecule has 0 spiro atoms. The summed E-state index contributed by atoms with van der Waals surface area (Å²) in [5, 5.41) is 3.99. The lowest BCUT2D eigenvalue weighted by Gasteiger charge is -2.41. The highest BCUT2D eigenvalue weighted by atomic mass is 32.1. The fourth-order valence-electron chi connectivity index (χ4n) is 3.53. The maximum absolute atomic E-state index is 12.7. The molecule has 0 unspecified atom stereocenters. The minimum absolute atomic E-state index is 0.0148. The van der Waals surface area contributed by atoms with Gasteiger partial charge in [0.2, 0.25) is 5.91 Å². The summed E-state index contributed by atoms with van der Waals surface area (Å²) >= 11 is 1.60. The summed E-state index contributed by atoms with van der Waals surface area (Å²) in [4.78, 5) is 26.4. The zero-order valence-electron chi connectivity index (χ0n) is 12.9. The van der Waals surface area contributed by atoms with E-state index >= 15 is 0 Å². The first-order chi connectivity index (χ1) is 10.6. The second kappa shape index (κ2) is 6.38. The van der Waals surface area contributed by atoms with Gasteiger partial charge in [-0.15, -0.1) is 0 Å². The predicted octanol–water partition coefficient (Wildman–Crippen LogP) is 2.00. The summed E-state index contributed by atoms with van der Waals surface area (Å²) in [6, 6.07) is 2.16. The molecular weight excluding hydrogens is 302 g/mol. The van der Waals surface area contributed by atoms with Crippen LogP contribution in [0.2, 0.25) is 0 Å². The van der Waals surface area contributed by atoms with E-state index in [-0.39, 0.29) is 30.1 Å². The van der Waals surface area contributed by atoms with Crippen LogP contribution in [0.4, 0.5) is 0 Å². The molecule has 2 saturated heterocycles. The van der Waals surface area contributed by atoms with Crippen molar-refractivity contribution in [2.24, 2.45) is 0 Å². The van der Waals surface area contributed by atoms with Gasteiger partial charge in [-0.1, -0.05) is 0 Å². The molecule has 0 N–H and O–H groups in total. The topological polar surface area (TPSA) is 55.8 Å². The van der Waals surface area contributed by atoms with Crippen LogP contribution in [-0.4, -0.2) is 48.2 Å². The number of ether oxygens (including phenoxy) is 2. The zero-order valence-corrected chi connectivity index (χ0v) is 13.7. The van der Waals surface area contributed by atoms with Gasteiger partial charge >= 0.3 is 5.97 Å². The summed E-state index contributed by atoms with van der Waals surface area (Å²) < 4.78 is 10.6. The Morgan fingerprint density at radius 1 is 1.45 bits per heavy atom. The van der Waals surface area contributed by atoms with Crippen molar-refractivity contribution in [1.29, 1.82) is 0 Å². The van der Waals surface area contributed by atoms with Gasteiger partial charge in [0.15, 0.2) is 6.10 Å². The van der Waals surface area contributed by atoms with Gasteiger partial charge in [-0.25, -0.2) is 4.79 Å². The van der Waals surface area contributed by atoms with E-state index in [4.69, 9.17) is 9.47 Å². The van der Waals surface area contributed by atoms with Crippen LogP contribution in [0, 0.1) is 0 Å². The molecule has 1 aromatic rings. The van der Waals surface area contributed by atoms with Gasteiger partial charge in [-0.05, 0) is 42.2 Å². The Morgan fingerprint density at radius 2 is 2.27 bits per heavy atom. The lowest BCUT2D eigenvalue weighted by atomic mass is 9.92. The van der Waals surface area contributed by atoms with Gasteiger partial charge in [0, 0.05) is 12.5 Å². The van der Waals surface area contributed by atoms with Crippen molar-refractivity contribution < 1.29 is 19.1 Å². The van der Waals surface area contributed by atoms with Crippen LogP contribution in [0.5, 0.6) is 0 Å². The minimum atomic E-state index is -0.540. The second-order valence-electron chi connectivity index (χ2n) is 6.03. The quantitative estimate of drug-likeness (QED) is 0.799. The molecule has 1 aromatic heterocycles. The van der Waals surface area contributed by atoms with Crippen LogP contribution in [0.3, 0.4) is 0 Å². The van der Waals surface area contributed by atoms with E-state index in [1.807, 2.05) is 21.7 Å². The predicted molar refractivity (Wildman–Crippen MR) is 82.6 cm³/mol. The highest BCUT2D eigenvalue weighted by Crippen LogP contribution is 2.35. The molecule has 0 bridgehead atoms. The number of carbonyl (C=O) groups is 2. The number of amides is 1. The molecule has 6 heteroatoms. The number of carbonyl (C=O) groups excluding carboxylic acids is 2. The molecule has 0 saturated carbocycles. The Labute approximate surface area is 134 Å². The molecule has 2 aliphatic heterocycles. The van der Waals surface area contributed by atoms with Crippen molar-refractivity contribution in [2.45, 2.75) is 56.9 Å². The van der Waals surface area contributed by atoms with Crippen LogP contribution >= 0.6 is 11.3 Å². The van der Waals surface area contributed by atoms with E-state index in [9.17, 15) is 9.59 Å². The number of hydrogen-bond donors (Lipinski definition) is 0. The van der Waals surface area contributed by atoms with Gasteiger partial charge < -0.3 is 14.4 Å². The molecule has 2 fully saturated rings. The number of piperidine rings is 1. The van der Waals surface area contributed by atoms with Crippen molar-refractivity contribution in [3.8, 4) is 0 Å². The van der Waals surface area contributed by atoms with Gasteiger partial charge in [0.1, 0.15) is 0 Å². The van der Waals surface area contributed by atoms with Crippen LogP contribution in [0.15, 0.2) is 16.8 Å². The summed E-state index contributed by atoms with van der Waals surface area (Å²) in [7, 11) is 1.37. The first-order valence-corrected chi connectivity index (χ1v) is 8.60. The molecule has 4 atom stereocenters. The Bertz CT molecular complexity index is 544. The van der Waals surface area contributed by atoms with Gasteiger partial charge in [0.25, 0.3) is 0 Å². The van der Waals surface area contributed by atoms with Crippen LogP contribution < -0.4 is 0 Å². The summed E-state index contributed by atoms with van der Waals surface area (Å²) in [6.45, 7) is 2.08. The summed E-state index contributed by atoms with van der Waals surface area (Å²) in [5.41, 5.74) is 1.05. The van der Waals surface area contributed by atoms with Crippen molar-refractivity contribution in [2.75, 3.05) is 7.11 Å². The van der Waals surface area contributed by atoms with Crippen LogP contribution in [-0.2, 0) is 25.5 Å². The highest BCUT2D eigenvalue weighted by molar-refractivity contribution is 7.07. The third kappa shape index (κ3) is 2.90. The zero-order chi connectivity index (χ0) is 15.7. The third-order valence-electron chi connectivity index (χ3n) is 4.61. The van der Waals surface area contributed by atoms with Gasteiger partial charge in [-0.3, -0.25) is 4.79 Å². The summed E-state index contributed by atoms with van der Waals surface area (Å²) in [5.74, 6) is -0.220.